The average molecular weight is 196 g/mol. The largest absolute Gasteiger partial charge is 0.324 e. The third kappa shape index (κ3) is 3.36. The minimum absolute atomic E-state index is 0.139. The Morgan fingerprint density at radius 1 is 1.54 bits per heavy atom. The Morgan fingerprint density at radius 2 is 2.31 bits per heavy atom. The molecular weight excluding hydrogens is 180 g/mol. The van der Waals surface area contributed by atoms with Gasteiger partial charge in [-0.1, -0.05) is 6.07 Å². The van der Waals surface area contributed by atoms with Crippen LogP contribution in [0.2, 0.25) is 0 Å². The van der Waals surface area contributed by atoms with Crippen molar-refractivity contribution in [1.82, 2.24) is 4.98 Å². The number of hydrogen-bond acceptors (Lipinski definition) is 3. The second-order valence-electron chi connectivity index (χ2n) is 3.18. The molecular formula is C10H16N2S. The van der Waals surface area contributed by atoms with E-state index in [-0.39, 0.29) is 6.04 Å². The molecule has 0 saturated heterocycles. The lowest BCUT2D eigenvalue weighted by atomic mass is 10.1. The highest BCUT2D eigenvalue weighted by molar-refractivity contribution is 7.98. The molecule has 1 unspecified atom stereocenters. The first-order valence-electron chi connectivity index (χ1n) is 4.40. The van der Waals surface area contributed by atoms with E-state index < -0.39 is 0 Å². The molecule has 72 valence electrons. The Kier molecular flexibility index (Phi) is 4.25. The predicted molar refractivity (Wildman–Crippen MR) is 58.9 cm³/mol. The topological polar surface area (TPSA) is 38.9 Å². The second kappa shape index (κ2) is 5.25. The van der Waals surface area contributed by atoms with Gasteiger partial charge in [0.2, 0.25) is 0 Å². The SMILES string of the molecule is CSCCC(N)c1cncc(C)c1. The van der Waals surface area contributed by atoms with E-state index in [9.17, 15) is 0 Å². The fourth-order valence-electron chi connectivity index (χ4n) is 1.19. The van der Waals surface area contributed by atoms with Crippen LogP contribution in [0.25, 0.3) is 0 Å². The summed E-state index contributed by atoms with van der Waals surface area (Å²) in [5.41, 5.74) is 8.32. The molecule has 1 atom stereocenters. The van der Waals surface area contributed by atoms with Crippen molar-refractivity contribution in [3.8, 4) is 0 Å². The fraction of sp³-hybridized carbons (Fsp3) is 0.500. The zero-order valence-electron chi connectivity index (χ0n) is 8.16. The highest BCUT2D eigenvalue weighted by Gasteiger charge is 2.05. The molecule has 0 saturated carbocycles. The lowest BCUT2D eigenvalue weighted by Gasteiger charge is -2.10. The van der Waals surface area contributed by atoms with Gasteiger partial charge in [-0.05, 0) is 36.5 Å². The van der Waals surface area contributed by atoms with Crippen molar-refractivity contribution in [2.75, 3.05) is 12.0 Å². The standard InChI is InChI=1S/C10H16N2S/c1-8-5-9(7-12-6-8)10(11)3-4-13-2/h5-7,10H,3-4,11H2,1-2H3. The molecule has 2 N–H and O–H groups in total. The molecule has 0 spiro atoms. The number of aryl methyl sites for hydroxylation is 1. The zero-order valence-corrected chi connectivity index (χ0v) is 8.97. The van der Waals surface area contributed by atoms with E-state index in [0.29, 0.717) is 0 Å². The van der Waals surface area contributed by atoms with Gasteiger partial charge in [0.05, 0.1) is 0 Å². The van der Waals surface area contributed by atoms with Gasteiger partial charge in [-0.2, -0.15) is 11.8 Å². The van der Waals surface area contributed by atoms with E-state index >= 15 is 0 Å². The molecule has 13 heavy (non-hydrogen) atoms. The number of pyridine rings is 1. The van der Waals surface area contributed by atoms with Crippen LogP contribution in [0, 0.1) is 6.92 Å². The second-order valence-corrected chi connectivity index (χ2v) is 4.17. The normalized spacial score (nSPS) is 12.8. The quantitative estimate of drug-likeness (QED) is 0.802. The van der Waals surface area contributed by atoms with Crippen molar-refractivity contribution >= 4 is 11.8 Å². The molecule has 0 aliphatic heterocycles. The van der Waals surface area contributed by atoms with Crippen molar-refractivity contribution in [2.24, 2.45) is 5.73 Å². The van der Waals surface area contributed by atoms with Gasteiger partial charge in [0.1, 0.15) is 0 Å². The maximum absolute atomic E-state index is 6.00. The Balaban J connectivity index is 2.60. The van der Waals surface area contributed by atoms with Crippen molar-refractivity contribution in [1.29, 1.82) is 0 Å². The van der Waals surface area contributed by atoms with Crippen LogP contribution in [0.3, 0.4) is 0 Å². The molecule has 0 aromatic carbocycles. The molecule has 1 rings (SSSR count). The van der Waals surface area contributed by atoms with Gasteiger partial charge in [0.15, 0.2) is 0 Å². The lowest BCUT2D eigenvalue weighted by molar-refractivity contribution is 0.701. The summed E-state index contributed by atoms with van der Waals surface area (Å²) in [6.07, 6.45) is 6.83. The number of nitrogens with zero attached hydrogens (tertiary/aromatic N) is 1. The van der Waals surface area contributed by atoms with Crippen LogP contribution in [0.4, 0.5) is 0 Å². The first kappa shape index (κ1) is 10.5. The Labute approximate surface area is 83.9 Å². The van der Waals surface area contributed by atoms with E-state index in [0.717, 1.165) is 17.7 Å². The van der Waals surface area contributed by atoms with Crippen LogP contribution in [-0.4, -0.2) is 17.0 Å². The van der Waals surface area contributed by atoms with Gasteiger partial charge in [-0.25, -0.2) is 0 Å². The van der Waals surface area contributed by atoms with Crippen molar-refractivity contribution < 1.29 is 0 Å². The van der Waals surface area contributed by atoms with Gasteiger partial charge in [-0.3, -0.25) is 4.98 Å². The third-order valence-corrected chi connectivity index (χ3v) is 2.60. The summed E-state index contributed by atoms with van der Waals surface area (Å²) in [6.45, 7) is 2.04. The fourth-order valence-corrected chi connectivity index (χ4v) is 1.68. The van der Waals surface area contributed by atoms with E-state index in [1.165, 1.54) is 5.56 Å². The maximum Gasteiger partial charge on any atom is 0.0318 e. The monoisotopic (exact) mass is 196 g/mol. The van der Waals surface area contributed by atoms with Crippen LogP contribution < -0.4 is 5.73 Å². The summed E-state index contributed by atoms with van der Waals surface area (Å²) in [5.74, 6) is 1.11. The van der Waals surface area contributed by atoms with Gasteiger partial charge in [-0.15, -0.1) is 0 Å². The smallest absolute Gasteiger partial charge is 0.0318 e. The number of thioether (sulfide) groups is 1. The van der Waals surface area contributed by atoms with Crippen molar-refractivity contribution in [3.63, 3.8) is 0 Å². The third-order valence-electron chi connectivity index (χ3n) is 1.96. The van der Waals surface area contributed by atoms with Crippen molar-refractivity contribution in [2.45, 2.75) is 19.4 Å². The van der Waals surface area contributed by atoms with Crippen LogP contribution in [-0.2, 0) is 0 Å². The summed E-state index contributed by atoms with van der Waals surface area (Å²) in [5, 5.41) is 0. The van der Waals surface area contributed by atoms with Crippen LogP contribution in [0.15, 0.2) is 18.5 Å². The molecule has 0 aliphatic rings. The number of rotatable bonds is 4. The number of aromatic nitrogens is 1. The van der Waals surface area contributed by atoms with E-state index in [1.807, 2.05) is 31.1 Å². The molecule has 0 amide bonds. The summed E-state index contributed by atoms with van der Waals surface area (Å²) >= 11 is 1.83. The molecule has 1 aromatic rings. The summed E-state index contributed by atoms with van der Waals surface area (Å²) in [6, 6.07) is 2.25. The molecule has 0 aliphatic carbocycles. The summed E-state index contributed by atoms with van der Waals surface area (Å²) in [7, 11) is 0. The van der Waals surface area contributed by atoms with Gasteiger partial charge >= 0.3 is 0 Å². The molecule has 2 nitrogen and oxygen atoms in total. The first-order valence-corrected chi connectivity index (χ1v) is 5.79. The number of nitrogens with two attached hydrogens (primary N) is 1. The predicted octanol–water partition coefficient (Wildman–Crippen LogP) is 2.14. The number of hydrogen-bond donors (Lipinski definition) is 1. The molecule has 0 bridgehead atoms. The minimum atomic E-state index is 0.139. The maximum atomic E-state index is 6.00. The Morgan fingerprint density at radius 3 is 2.92 bits per heavy atom. The van der Waals surface area contributed by atoms with Crippen LogP contribution >= 0.6 is 11.8 Å². The molecule has 1 aromatic heterocycles. The van der Waals surface area contributed by atoms with E-state index in [1.54, 1.807) is 0 Å². The molecule has 3 heteroatoms. The van der Waals surface area contributed by atoms with Gasteiger partial charge in [0, 0.05) is 18.4 Å². The minimum Gasteiger partial charge on any atom is -0.324 e. The lowest BCUT2D eigenvalue weighted by Crippen LogP contribution is -2.11. The first-order chi connectivity index (χ1) is 6.24. The summed E-state index contributed by atoms with van der Waals surface area (Å²) in [4.78, 5) is 4.13. The van der Waals surface area contributed by atoms with Gasteiger partial charge in [0.25, 0.3) is 0 Å². The van der Waals surface area contributed by atoms with Crippen LogP contribution in [0.1, 0.15) is 23.6 Å². The zero-order chi connectivity index (χ0) is 9.68. The molecule has 1 heterocycles. The Bertz CT molecular complexity index is 263. The summed E-state index contributed by atoms with van der Waals surface area (Å²) < 4.78 is 0. The Hall–Kier alpha value is -0.540. The van der Waals surface area contributed by atoms with E-state index in [2.05, 4.69) is 17.3 Å². The average Bonchev–Trinajstić information content (AvgIpc) is 2.14. The molecule has 0 radical (unpaired) electrons. The highest BCUT2D eigenvalue weighted by atomic mass is 32.2. The van der Waals surface area contributed by atoms with Gasteiger partial charge < -0.3 is 5.73 Å². The van der Waals surface area contributed by atoms with Crippen molar-refractivity contribution in [3.05, 3.63) is 29.6 Å². The highest BCUT2D eigenvalue weighted by Crippen LogP contribution is 2.15. The molecule has 0 fully saturated rings. The van der Waals surface area contributed by atoms with Crippen LogP contribution in [0.5, 0.6) is 0 Å². The van der Waals surface area contributed by atoms with E-state index in [4.69, 9.17) is 5.73 Å².